The average Bonchev–Trinajstić information content (AvgIpc) is 3.11. The molecule has 6 nitrogen and oxygen atoms in total. The highest BCUT2D eigenvalue weighted by Crippen LogP contribution is 2.26. The lowest BCUT2D eigenvalue weighted by molar-refractivity contribution is -0.115. The zero-order valence-electron chi connectivity index (χ0n) is 16.9. The van der Waals surface area contributed by atoms with Gasteiger partial charge in [-0.05, 0) is 49.2 Å². The monoisotopic (exact) mass is 454 g/mol. The number of aromatic nitrogens is 3. The Morgan fingerprint density at radius 3 is 2.68 bits per heavy atom. The van der Waals surface area contributed by atoms with E-state index in [2.05, 4.69) is 20.3 Å². The highest BCUT2D eigenvalue weighted by atomic mass is 32.2. The predicted molar refractivity (Wildman–Crippen MR) is 122 cm³/mol. The fraction of sp³-hybridized carbons (Fsp3) is 0.182. The second-order valence-corrected chi connectivity index (χ2v) is 9.06. The fourth-order valence-electron chi connectivity index (χ4n) is 3.00. The summed E-state index contributed by atoms with van der Waals surface area (Å²) < 4.78 is 14.0. The van der Waals surface area contributed by atoms with Crippen LogP contribution in [0.1, 0.15) is 22.4 Å². The van der Waals surface area contributed by atoms with Crippen molar-refractivity contribution in [2.75, 3.05) is 5.32 Å². The first kappa shape index (κ1) is 21.2. The largest absolute Gasteiger partial charge is 0.302 e. The molecule has 0 saturated heterocycles. The molecule has 158 valence electrons. The van der Waals surface area contributed by atoms with Gasteiger partial charge in [-0.1, -0.05) is 41.3 Å². The number of benzene rings is 2. The van der Waals surface area contributed by atoms with Gasteiger partial charge >= 0.3 is 0 Å². The normalized spacial score (nSPS) is 11.1. The number of carbonyl (C=O) groups is 1. The number of aryl methyl sites for hydroxylation is 2. The Kier molecular flexibility index (Phi) is 6.15. The van der Waals surface area contributed by atoms with Gasteiger partial charge in [-0.2, -0.15) is 0 Å². The third-order valence-corrected chi connectivity index (χ3v) is 6.50. The third-order valence-electron chi connectivity index (χ3n) is 4.62. The van der Waals surface area contributed by atoms with Crippen molar-refractivity contribution in [3.8, 4) is 0 Å². The van der Waals surface area contributed by atoms with E-state index in [-0.39, 0.29) is 23.7 Å². The lowest BCUT2D eigenvalue weighted by atomic mass is 10.1. The molecule has 31 heavy (non-hydrogen) atoms. The van der Waals surface area contributed by atoms with Crippen molar-refractivity contribution in [1.29, 1.82) is 0 Å². The van der Waals surface area contributed by atoms with Gasteiger partial charge in [-0.25, -0.2) is 14.4 Å². The molecule has 9 heteroatoms. The van der Waals surface area contributed by atoms with Crippen molar-refractivity contribution in [3.05, 3.63) is 81.0 Å². The number of hydrogen-bond donors (Lipinski definition) is 2. The highest BCUT2D eigenvalue weighted by molar-refractivity contribution is 7.98. The summed E-state index contributed by atoms with van der Waals surface area (Å²) in [7, 11) is 0. The van der Waals surface area contributed by atoms with Crippen LogP contribution in [-0.4, -0.2) is 20.9 Å². The standard InChI is InChI=1S/C22H19FN4O2S2/c1-12-3-8-17-18(9-12)31-22(25-17)26-19(28)10-16-13(2)24-21(27-20(16)29)30-11-14-4-6-15(23)7-5-14/h3-9H,10-11H2,1-2H3,(H,24,27,29)(H,25,26,28). The number of fused-ring (bicyclic) bond motifs is 1. The van der Waals surface area contributed by atoms with Gasteiger partial charge in [0.2, 0.25) is 5.91 Å². The van der Waals surface area contributed by atoms with Crippen molar-refractivity contribution in [2.24, 2.45) is 0 Å². The molecular weight excluding hydrogens is 435 g/mol. The Bertz CT molecular complexity index is 1320. The maximum atomic E-state index is 13.0. The van der Waals surface area contributed by atoms with Crippen LogP contribution in [0.3, 0.4) is 0 Å². The third kappa shape index (κ3) is 5.18. The molecule has 2 N–H and O–H groups in total. The van der Waals surface area contributed by atoms with Crippen LogP contribution in [0, 0.1) is 19.7 Å². The molecule has 0 aliphatic heterocycles. The molecule has 2 heterocycles. The van der Waals surface area contributed by atoms with Crippen LogP contribution in [-0.2, 0) is 17.0 Å². The van der Waals surface area contributed by atoms with E-state index < -0.39 is 0 Å². The van der Waals surface area contributed by atoms with E-state index in [9.17, 15) is 14.0 Å². The molecule has 0 aliphatic carbocycles. The zero-order chi connectivity index (χ0) is 22.0. The molecule has 4 aromatic rings. The summed E-state index contributed by atoms with van der Waals surface area (Å²) >= 11 is 2.74. The molecule has 0 spiro atoms. The first-order valence-electron chi connectivity index (χ1n) is 9.51. The molecule has 0 bridgehead atoms. The quantitative estimate of drug-likeness (QED) is 0.328. The van der Waals surface area contributed by atoms with E-state index in [0.717, 1.165) is 21.3 Å². The average molecular weight is 455 g/mol. The van der Waals surface area contributed by atoms with Crippen LogP contribution < -0.4 is 10.9 Å². The Labute approximate surface area is 186 Å². The van der Waals surface area contributed by atoms with E-state index in [0.29, 0.717) is 27.3 Å². The lowest BCUT2D eigenvalue weighted by Crippen LogP contribution is -2.23. The summed E-state index contributed by atoms with van der Waals surface area (Å²) in [6.45, 7) is 3.71. The van der Waals surface area contributed by atoms with Crippen LogP contribution in [0.15, 0.2) is 52.4 Å². The first-order chi connectivity index (χ1) is 14.9. The second kappa shape index (κ2) is 8.99. The van der Waals surface area contributed by atoms with E-state index in [4.69, 9.17) is 0 Å². The molecule has 1 amide bonds. The van der Waals surface area contributed by atoms with Gasteiger partial charge in [-0.3, -0.25) is 9.59 Å². The molecule has 2 aromatic carbocycles. The number of thiazole rings is 1. The van der Waals surface area contributed by atoms with Gasteiger partial charge in [0.15, 0.2) is 10.3 Å². The Balaban J connectivity index is 1.43. The van der Waals surface area contributed by atoms with Crippen LogP contribution in [0.4, 0.5) is 9.52 Å². The number of rotatable bonds is 6. The number of amides is 1. The minimum Gasteiger partial charge on any atom is -0.302 e. The summed E-state index contributed by atoms with van der Waals surface area (Å²) in [6.07, 6.45) is -0.0912. The van der Waals surface area contributed by atoms with Crippen molar-refractivity contribution in [2.45, 2.75) is 31.2 Å². The number of hydrogen-bond acceptors (Lipinski definition) is 6. The van der Waals surface area contributed by atoms with Crippen molar-refractivity contribution < 1.29 is 9.18 Å². The van der Waals surface area contributed by atoms with Crippen molar-refractivity contribution in [1.82, 2.24) is 15.0 Å². The Morgan fingerprint density at radius 1 is 1.16 bits per heavy atom. The predicted octanol–water partition coefficient (Wildman–Crippen LogP) is 4.61. The van der Waals surface area contributed by atoms with Crippen LogP contribution in [0.2, 0.25) is 0 Å². The molecule has 2 aromatic heterocycles. The highest BCUT2D eigenvalue weighted by Gasteiger charge is 2.15. The first-order valence-corrected chi connectivity index (χ1v) is 11.3. The van der Waals surface area contributed by atoms with Crippen LogP contribution in [0.5, 0.6) is 0 Å². The van der Waals surface area contributed by atoms with Gasteiger partial charge < -0.3 is 10.3 Å². The maximum absolute atomic E-state index is 13.0. The summed E-state index contributed by atoms with van der Waals surface area (Å²) in [5, 5.41) is 3.73. The number of nitrogens with one attached hydrogen (secondary N) is 2. The topological polar surface area (TPSA) is 87.7 Å². The number of aromatic amines is 1. The number of halogens is 1. The molecule has 4 rings (SSSR count). The van der Waals surface area contributed by atoms with Gasteiger partial charge in [-0.15, -0.1) is 0 Å². The van der Waals surface area contributed by atoms with Crippen molar-refractivity contribution >= 4 is 44.4 Å². The lowest BCUT2D eigenvalue weighted by Gasteiger charge is -2.07. The van der Waals surface area contributed by atoms with Gasteiger partial charge in [0.1, 0.15) is 5.82 Å². The van der Waals surface area contributed by atoms with Gasteiger partial charge in [0.25, 0.3) is 5.56 Å². The molecule has 0 fully saturated rings. The fourth-order valence-corrected chi connectivity index (χ4v) is 4.85. The molecule has 0 radical (unpaired) electrons. The van der Waals surface area contributed by atoms with Crippen molar-refractivity contribution in [3.63, 3.8) is 0 Å². The van der Waals surface area contributed by atoms with Gasteiger partial charge in [0, 0.05) is 17.0 Å². The zero-order valence-corrected chi connectivity index (χ0v) is 18.5. The number of H-pyrrole nitrogens is 1. The van der Waals surface area contributed by atoms with Crippen LogP contribution >= 0.6 is 23.1 Å². The molecular formula is C22H19FN4O2S2. The summed E-state index contributed by atoms with van der Waals surface area (Å²) in [5.74, 6) is -0.0721. The number of carbonyl (C=O) groups excluding carboxylic acids is 1. The minimum atomic E-state index is -0.343. The molecule has 0 saturated carbocycles. The molecule has 0 unspecified atom stereocenters. The number of thioether (sulfide) groups is 1. The molecule has 0 aliphatic rings. The summed E-state index contributed by atoms with van der Waals surface area (Å²) in [6, 6.07) is 12.1. The summed E-state index contributed by atoms with van der Waals surface area (Å²) in [4.78, 5) is 36.6. The number of nitrogens with zero attached hydrogens (tertiary/aromatic N) is 2. The molecule has 0 atom stereocenters. The van der Waals surface area contributed by atoms with E-state index >= 15 is 0 Å². The second-order valence-electron chi connectivity index (χ2n) is 7.07. The number of anilines is 1. The maximum Gasteiger partial charge on any atom is 0.255 e. The van der Waals surface area contributed by atoms with E-state index in [1.54, 1.807) is 19.1 Å². The summed E-state index contributed by atoms with van der Waals surface area (Å²) in [5.41, 5.74) is 3.34. The Morgan fingerprint density at radius 2 is 1.94 bits per heavy atom. The van der Waals surface area contributed by atoms with Gasteiger partial charge in [0.05, 0.1) is 16.6 Å². The van der Waals surface area contributed by atoms with Crippen LogP contribution in [0.25, 0.3) is 10.2 Å². The smallest absolute Gasteiger partial charge is 0.255 e. The Hall–Kier alpha value is -3.04. The minimum absolute atomic E-state index is 0.0912. The SMILES string of the molecule is Cc1ccc2nc(NC(=O)Cc3c(C)nc(SCc4ccc(F)cc4)[nH]c3=O)sc2c1. The van der Waals surface area contributed by atoms with E-state index in [1.807, 2.05) is 25.1 Å². The van der Waals surface area contributed by atoms with E-state index in [1.165, 1.54) is 35.2 Å².